The fourth-order valence-corrected chi connectivity index (χ4v) is 2.99. The Hall–Kier alpha value is -1.72. The minimum absolute atomic E-state index is 0.00714. The Balaban J connectivity index is 1.86. The molecular formula is C17H20FNO2S. The smallest absolute Gasteiger partial charge is 0.220 e. The van der Waals surface area contributed by atoms with Crippen LogP contribution in [0, 0.1) is 5.82 Å². The quantitative estimate of drug-likeness (QED) is 0.856. The third-order valence-corrected chi connectivity index (χ3v) is 4.74. The Bertz CT molecular complexity index is 608. The van der Waals surface area contributed by atoms with Crippen LogP contribution in [0.2, 0.25) is 0 Å². The number of halogens is 1. The van der Waals surface area contributed by atoms with Crippen molar-refractivity contribution in [1.82, 2.24) is 5.32 Å². The molecule has 118 valence electrons. The van der Waals surface area contributed by atoms with Crippen LogP contribution in [0.1, 0.15) is 36.6 Å². The molecule has 0 bridgehead atoms. The zero-order valence-corrected chi connectivity index (χ0v) is 13.5. The minimum atomic E-state index is -1.07. The molecule has 5 heteroatoms. The van der Waals surface area contributed by atoms with Gasteiger partial charge in [0, 0.05) is 11.3 Å². The van der Waals surface area contributed by atoms with Gasteiger partial charge in [-0.25, -0.2) is 4.39 Å². The predicted octanol–water partition coefficient (Wildman–Crippen LogP) is 3.40. The fraction of sp³-hybridized carbons (Fsp3) is 0.353. The van der Waals surface area contributed by atoms with Crippen LogP contribution in [-0.2, 0) is 10.4 Å². The number of nitrogens with one attached hydrogen (secondary N) is 1. The predicted molar refractivity (Wildman–Crippen MR) is 86.3 cm³/mol. The topological polar surface area (TPSA) is 49.3 Å². The highest BCUT2D eigenvalue weighted by Crippen LogP contribution is 2.25. The molecular weight excluding hydrogens is 301 g/mol. The molecule has 2 rings (SSSR count). The summed E-state index contributed by atoms with van der Waals surface area (Å²) in [6.45, 7) is 3.77. The summed E-state index contributed by atoms with van der Waals surface area (Å²) in [5, 5.41) is 15.0. The molecule has 1 aromatic carbocycles. The largest absolute Gasteiger partial charge is 0.383 e. The van der Waals surface area contributed by atoms with Crippen LogP contribution in [0.4, 0.5) is 4.39 Å². The molecule has 0 aliphatic heterocycles. The number of rotatable bonds is 6. The van der Waals surface area contributed by atoms with E-state index in [0.717, 1.165) is 10.4 Å². The average Bonchev–Trinajstić information content (AvgIpc) is 3.01. The van der Waals surface area contributed by atoms with Gasteiger partial charge in [-0.05, 0) is 42.0 Å². The molecule has 0 fully saturated rings. The summed E-state index contributed by atoms with van der Waals surface area (Å²) in [5.41, 5.74) is -0.148. The molecule has 0 aliphatic rings. The second kappa shape index (κ2) is 7.03. The lowest BCUT2D eigenvalue weighted by atomic mass is 9.97. The first kappa shape index (κ1) is 16.6. The number of benzene rings is 1. The van der Waals surface area contributed by atoms with E-state index < -0.39 is 5.60 Å². The number of aliphatic hydroxyl groups is 1. The van der Waals surface area contributed by atoms with Gasteiger partial charge in [0.15, 0.2) is 0 Å². The van der Waals surface area contributed by atoms with E-state index >= 15 is 0 Å². The summed E-state index contributed by atoms with van der Waals surface area (Å²) in [7, 11) is 0. The van der Waals surface area contributed by atoms with Crippen LogP contribution in [0.3, 0.4) is 0 Å². The van der Waals surface area contributed by atoms with Gasteiger partial charge in [0.2, 0.25) is 5.91 Å². The first-order chi connectivity index (χ1) is 10.4. The van der Waals surface area contributed by atoms with E-state index in [2.05, 4.69) is 5.32 Å². The Kier molecular flexibility index (Phi) is 5.32. The van der Waals surface area contributed by atoms with Crippen molar-refractivity contribution in [2.24, 2.45) is 0 Å². The maximum atomic E-state index is 12.9. The van der Waals surface area contributed by atoms with Crippen LogP contribution in [-0.4, -0.2) is 17.6 Å². The summed E-state index contributed by atoms with van der Waals surface area (Å²) in [6.07, 6.45) is 0.298. The molecule has 2 aromatic rings. The summed E-state index contributed by atoms with van der Waals surface area (Å²) in [5.74, 6) is -0.423. The van der Waals surface area contributed by atoms with Crippen LogP contribution in [0.15, 0.2) is 41.8 Å². The molecule has 2 unspecified atom stereocenters. The molecule has 0 radical (unpaired) electrons. The van der Waals surface area contributed by atoms with Crippen LogP contribution >= 0.6 is 11.3 Å². The molecule has 2 atom stereocenters. The molecule has 0 saturated carbocycles. The van der Waals surface area contributed by atoms with Gasteiger partial charge in [-0.1, -0.05) is 25.1 Å². The van der Waals surface area contributed by atoms with Gasteiger partial charge in [-0.15, -0.1) is 11.3 Å². The Morgan fingerprint density at radius 2 is 2.05 bits per heavy atom. The first-order valence-electron chi connectivity index (χ1n) is 7.17. The van der Waals surface area contributed by atoms with E-state index in [9.17, 15) is 14.3 Å². The van der Waals surface area contributed by atoms with Gasteiger partial charge >= 0.3 is 0 Å². The third kappa shape index (κ3) is 4.39. The van der Waals surface area contributed by atoms with Crippen LogP contribution in [0.5, 0.6) is 0 Å². The summed E-state index contributed by atoms with van der Waals surface area (Å²) in [4.78, 5) is 12.8. The molecule has 0 aliphatic carbocycles. The van der Waals surface area contributed by atoms with Crippen molar-refractivity contribution < 1.29 is 14.3 Å². The molecule has 1 amide bonds. The SMILES string of the molecule is CC(CC(=O)NCC(C)(O)c1cccs1)c1ccc(F)cc1. The van der Waals surface area contributed by atoms with Crippen LogP contribution < -0.4 is 5.32 Å². The number of hydrogen-bond donors (Lipinski definition) is 2. The van der Waals surface area contributed by atoms with Crippen molar-refractivity contribution in [3.63, 3.8) is 0 Å². The summed E-state index contributed by atoms with van der Waals surface area (Å²) in [6, 6.07) is 9.88. The van der Waals surface area contributed by atoms with E-state index in [0.29, 0.717) is 6.42 Å². The lowest BCUT2D eigenvalue weighted by molar-refractivity contribution is -0.122. The zero-order valence-electron chi connectivity index (χ0n) is 12.7. The van der Waals surface area contributed by atoms with Crippen molar-refractivity contribution in [2.45, 2.75) is 31.8 Å². The van der Waals surface area contributed by atoms with Gasteiger partial charge in [0.05, 0.1) is 6.54 Å². The van der Waals surface area contributed by atoms with Gasteiger partial charge in [0.1, 0.15) is 11.4 Å². The molecule has 1 heterocycles. The van der Waals surface area contributed by atoms with Gasteiger partial charge in [0.25, 0.3) is 0 Å². The zero-order chi connectivity index (χ0) is 16.2. The number of thiophene rings is 1. The maximum Gasteiger partial charge on any atom is 0.220 e. The number of carbonyl (C=O) groups excluding carboxylic acids is 1. The van der Waals surface area contributed by atoms with Crippen molar-refractivity contribution >= 4 is 17.2 Å². The number of amides is 1. The fourth-order valence-electron chi connectivity index (χ4n) is 2.20. The van der Waals surface area contributed by atoms with E-state index in [-0.39, 0.29) is 24.2 Å². The third-order valence-electron chi connectivity index (χ3n) is 3.61. The van der Waals surface area contributed by atoms with E-state index in [1.807, 2.05) is 24.4 Å². The van der Waals surface area contributed by atoms with Gasteiger partial charge < -0.3 is 10.4 Å². The minimum Gasteiger partial charge on any atom is -0.383 e. The van der Waals surface area contributed by atoms with Gasteiger partial charge in [-0.2, -0.15) is 0 Å². The second-order valence-corrected chi connectivity index (χ2v) is 6.63. The van der Waals surface area contributed by atoms with Crippen molar-refractivity contribution in [3.8, 4) is 0 Å². The Morgan fingerprint density at radius 1 is 1.36 bits per heavy atom. The lowest BCUT2D eigenvalue weighted by Crippen LogP contribution is -2.38. The normalized spacial score (nSPS) is 15.1. The van der Waals surface area contributed by atoms with Crippen molar-refractivity contribution in [3.05, 3.63) is 58.0 Å². The van der Waals surface area contributed by atoms with E-state index in [4.69, 9.17) is 0 Å². The molecule has 22 heavy (non-hydrogen) atoms. The van der Waals surface area contributed by atoms with E-state index in [1.54, 1.807) is 19.1 Å². The highest BCUT2D eigenvalue weighted by molar-refractivity contribution is 7.10. The lowest BCUT2D eigenvalue weighted by Gasteiger charge is -2.22. The Morgan fingerprint density at radius 3 is 2.64 bits per heavy atom. The molecule has 0 spiro atoms. The second-order valence-electron chi connectivity index (χ2n) is 5.68. The van der Waals surface area contributed by atoms with Crippen LogP contribution in [0.25, 0.3) is 0 Å². The molecule has 2 N–H and O–H groups in total. The molecule has 0 saturated heterocycles. The number of carbonyl (C=O) groups is 1. The highest BCUT2D eigenvalue weighted by Gasteiger charge is 2.25. The van der Waals surface area contributed by atoms with Gasteiger partial charge in [-0.3, -0.25) is 4.79 Å². The van der Waals surface area contributed by atoms with Crippen molar-refractivity contribution in [1.29, 1.82) is 0 Å². The average molecular weight is 321 g/mol. The van der Waals surface area contributed by atoms with Crippen molar-refractivity contribution in [2.75, 3.05) is 6.54 Å². The molecule has 3 nitrogen and oxygen atoms in total. The molecule has 1 aromatic heterocycles. The summed E-state index contributed by atoms with van der Waals surface area (Å²) < 4.78 is 12.9. The summed E-state index contributed by atoms with van der Waals surface area (Å²) >= 11 is 1.46. The highest BCUT2D eigenvalue weighted by atomic mass is 32.1. The number of hydrogen-bond acceptors (Lipinski definition) is 3. The monoisotopic (exact) mass is 321 g/mol. The van der Waals surface area contributed by atoms with E-state index in [1.165, 1.54) is 23.5 Å². The maximum absolute atomic E-state index is 12.9. The standard InChI is InChI=1S/C17H20FNO2S/c1-12(13-5-7-14(18)8-6-13)10-16(20)19-11-17(2,21)15-4-3-9-22-15/h3-9,12,21H,10-11H2,1-2H3,(H,19,20). The Labute approximate surface area is 133 Å². The first-order valence-corrected chi connectivity index (χ1v) is 8.05.